The molecule has 0 unspecified atom stereocenters. The first kappa shape index (κ1) is 25.4. The van der Waals surface area contributed by atoms with E-state index in [0.29, 0.717) is 51.6 Å². The zero-order valence-electron chi connectivity index (χ0n) is 20.3. The number of hydrogen-bond acceptors (Lipinski definition) is 4. The van der Waals surface area contributed by atoms with Crippen molar-refractivity contribution in [2.24, 2.45) is 5.92 Å². The average Bonchev–Trinajstić information content (AvgIpc) is 2.90. The number of nitrogens with zero attached hydrogens (tertiary/aromatic N) is 3. The molecule has 2 fully saturated rings. The van der Waals surface area contributed by atoms with Crippen LogP contribution < -0.4 is 0 Å². The number of carbonyl (C=O) groups is 1. The van der Waals surface area contributed by atoms with Gasteiger partial charge in [-0.25, -0.2) is 4.39 Å². The summed E-state index contributed by atoms with van der Waals surface area (Å²) in [6, 6.07) is 12.4. The predicted octanol–water partition coefficient (Wildman–Crippen LogP) is 5.86. The number of fused-ring (bicyclic) bond motifs is 1. The number of carbonyl (C=O) groups excluding carboxylic acids is 1. The number of pyridine rings is 1. The van der Waals surface area contributed by atoms with E-state index in [9.17, 15) is 9.18 Å². The summed E-state index contributed by atoms with van der Waals surface area (Å²) in [6.07, 6.45) is 5.55. The fourth-order valence-corrected chi connectivity index (χ4v) is 6.02. The summed E-state index contributed by atoms with van der Waals surface area (Å²) in [5.74, 6) is 0.00518. The van der Waals surface area contributed by atoms with Gasteiger partial charge in [-0.05, 0) is 80.1 Å². The third kappa shape index (κ3) is 5.37. The molecule has 0 radical (unpaired) electrons. The Morgan fingerprint density at radius 2 is 1.86 bits per heavy atom. The van der Waals surface area contributed by atoms with Crippen molar-refractivity contribution in [3.05, 3.63) is 75.7 Å². The number of aromatic nitrogens is 1. The van der Waals surface area contributed by atoms with E-state index in [2.05, 4.69) is 9.88 Å². The number of hydrogen-bond donors (Lipinski definition) is 0. The number of amides is 1. The standard InChI is InChI=1S/C28H30Cl2FN3O2/c1-36-27-17-34(11-7-19(27)14-18-2-4-24(29)25(30)15-18)21-8-12-33(13-9-21)28(35)22-6-10-32-26-5-3-20(31)16-23(22)26/h2-6,10,15-16,19,21,27H,7-9,11-14,17H2,1H3/t19-,27-/m1/s1. The molecule has 0 spiro atoms. The largest absolute Gasteiger partial charge is 0.380 e. The van der Waals surface area contributed by atoms with E-state index in [0.717, 1.165) is 38.8 Å². The maximum Gasteiger partial charge on any atom is 0.254 e. The molecule has 0 saturated carbocycles. The van der Waals surface area contributed by atoms with Crippen LogP contribution in [0.25, 0.3) is 10.9 Å². The van der Waals surface area contributed by atoms with Crippen molar-refractivity contribution in [2.45, 2.75) is 37.8 Å². The van der Waals surface area contributed by atoms with Gasteiger partial charge in [0.25, 0.3) is 5.91 Å². The Labute approximate surface area is 221 Å². The van der Waals surface area contributed by atoms with Crippen LogP contribution in [0.4, 0.5) is 4.39 Å². The van der Waals surface area contributed by atoms with E-state index in [4.69, 9.17) is 27.9 Å². The maximum atomic E-state index is 13.8. The molecule has 2 atom stereocenters. The van der Waals surface area contributed by atoms with Crippen LogP contribution >= 0.6 is 23.2 Å². The van der Waals surface area contributed by atoms with Crippen molar-refractivity contribution in [1.29, 1.82) is 0 Å². The number of halogens is 3. The highest BCUT2D eigenvalue weighted by atomic mass is 35.5. The number of methoxy groups -OCH3 is 1. The van der Waals surface area contributed by atoms with Crippen LogP contribution in [0.15, 0.2) is 48.7 Å². The monoisotopic (exact) mass is 529 g/mol. The Balaban J connectivity index is 1.19. The first-order chi connectivity index (χ1) is 17.4. The van der Waals surface area contributed by atoms with Crippen molar-refractivity contribution in [3.8, 4) is 0 Å². The quantitative estimate of drug-likeness (QED) is 0.414. The molecule has 2 aliphatic heterocycles. The normalized spacial score (nSPS) is 21.7. The highest BCUT2D eigenvalue weighted by molar-refractivity contribution is 6.42. The Morgan fingerprint density at radius 3 is 2.61 bits per heavy atom. The fourth-order valence-electron chi connectivity index (χ4n) is 5.70. The van der Waals surface area contributed by atoms with Gasteiger partial charge < -0.3 is 9.64 Å². The Hall–Kier alpha value is -2.25. The van der Waals surface area contributed by atoms with Gasteiger partial charge in [-0.15, -0.1) is 0 Å². The zero-order chi connectivity index (χ0) is 25.2. The van der Waals surface area contributed by atoms with Gasteiger partial charge in [-0.1, -0.05) is 29.3 Å². The smallest absolute Gasteiger partial charge is 0.254 e. The minimum Gasteiger partial charge on any atom is -0.380 e. The summed E-state index contributed by atoms with van der Waals surface area (Å²) in [6.45, 7) is 3.26. The number of rotatable bonds is 5. The van der Waals surface area contributed by atoms with Gasteiger partial charge in [0.1, 0.15) is 5.82 Å². The second-order valence-electron chi connectivity index (χ2n) is 9.81. The van der Waals surface area contributed by atoms with Crippen LogP contribution in [0.2, 0.25) is 10.0 Å². The second-order valence-corrected chi connectivity index (χ2v) is 10.6. The molecule has 5 rings (SSSR count). The van der Waals surface area contributed by atoms with Crippen LogP contribution in [0.3, 0.4) is 0 Å². The summed E-state index contributed by atoms with van der Waals surface area (Å²) in [7, 11) is 1.79. The molecule has 3 heterocycles. The van der Waals surface area contributed by atoms with Crippen molar-refractivity contribution in [3.63, 3.8) is 0 Å². The van der Waals surface area contributed by atoms with E-state index in [-0.39, 0.29) is 17.8 Å². The molecule has 0 bridgehead atoms. The van der Waals surface area contributed by atoms with Crippen molar-refractivity contribution >= 4 is 40.0 Å². The van der Waals surface area contributed by atoms with Crippen LogP contribution in [-0.4, -0.2) is 66.1 Å². The van der Waals surface area contributed by atoms with Crippen LogP contribution in [-0.2, 0) is 11.2 Å². The SMILES string of the molecule is CO[C@@H]1CN(C2CCN(C(=O)c3ccnc4ccc(F)cc34)CC2)CC[C@@H]1Cc1ccc(Cl)c(Cl)c1. The zero-order valence-corrected chi connectivity index (χ0v) is 21.8. The Bertz CT molecular complexity index is 1250. The third-order valence-electron chi connectivity index (χ3n) is 7.71. The van der Waals surface area contributed by atoms with Gasteiger partial charge in [-0.3, -0.25) is 14.7 Å². The minimum absolute atomic E-state index is 0.0541. The molecule has 0 aliphatic carbocycles. The molecular weight excluding hydrogens is 500 g/mol. The molecule has 3 aromatic rings. The number of likely N-dealkylation sites (tertiary alicyclic amines) is 2. The van der Waals surface area contributed by atoms with Crippen molar-refractivity contribution in [2.75, 3.05) is 33.3 Å². The molecule has 36 heavy (non-hydrogen) atoms. The van der Waals surface area contributed by atoms with E-state index in [1.165, 1.54) is 17.7 Å². The number of benzene rings is 2. The number of piperidine rings is 2. The summed E-state index contributed by atoms with van der Waals surface area (Å²) in [5, 5.41) is 1.73. The highest BCUT2D eigenvalue weighted by Crippen LogP contribution is 2.31. The molecule has 0 N–H and O–H groups in total. The van der Waals surface area contributed by atoms with Gasteiger partial charge in [0.05, 0.1) is 27.2 Å². The third-order valence-corrected chi connectivity index (χ3v) is 8.45. The van der Waals surface area contributed by atoms with E-state index in [1.807, 2.05) is 23.1 Å². The molecule has 1 amide bonds. The minimum atomic E-state index is -0.362. The van der Waals surface area contributed by atoms with Crippen LogP contribution in [0.1, 0.15) is 35.2 Å². The lowest BCUT2D eigenvalue weighted by atomic mass is 9.86. The van der Waals surface area contributed by atoms with E-state index in [1.54, 1.807) is 25.4 Å². The topological polar surface area (TPSA) is 45.7 Å². The van der Waals surface area contributed by atoms with Crippen LogP contribution in [0.5, 0.6) is 0 Å². The van der Waals surface area contributed by atoms with Crippen molar-refractivity contribution in [1.82, 2.24) is 14.8 Å². The summed E-state index contributed by atoms with van der Waals surface area (Å²) in [5.41, 5.74) is 2.33. The molecule has 1 aromatic heterocycles. The maximum absolute atomic E-state index is 13.8. The van der Waals surface area contributed by atoms with E-state index >= 15 is 0 Å². The fraction of sp³-hybridized carbons (Fsp3) is 0.429. The summed E-state index contributed by atoms with van der Waals surface area (Å²) in [4.78, 5) is 22.0. The molecule has 190 valence electrons. The number of ether oxygens (including phenoxy) is 1. The molecular formula is C28H30Cl2FN3O2. The second kappa shape index (κ2) is 11.0. The first-order valence-electron chi connectivity index (χ1n) is 12.5. The molecule has 2 aromatic carbocycles. The Kier molecular flexibility index (Phi) is 7.77. The van der Waals surface area contributed by atoms with Gasteiger partial charge in [0.2, 0.25) is 0 Å². The van der Waals surface area contributed by atoms with Gasteiger partial charge in [0.15, 0.2) is 0 Å². The summed E-state index contributed by atoms with van der Waals surface area (Å²) < 4.78 is 19.8. The van der Waals surface area contributed by atoms with Gasteiger partial charge >= 0.3 is 0 Å². The van der Waals surface area contributed by atoms with Crippen LogP contribution in [0, 0.1) is 11.7 Å². The predicted molar refractivity (Wildman–Crippen MR) is 141 cm³/mol. The molecule has 5 nitrogen and oxygen atoms in total. The lowest BCUT2D eigenvalue weighted by Crippen LogP contribution is -2.53. The Morgan fingerprint density at radius 1 is 1.06 bits per heavy atom. The highest BCUT2D eigenvalue weighted by Gasteiger charge is 2.35. The lowest BCUT2D eigenvalue weighted by Gasteiger charge is -2.44. The van der Waals surface area contributed by atoms with Gasteiger partial charge in [0, 0.05) is 44.4 Å². The lowest BCUT2D eigenvalue weighted by molar-refractivity contribution is -0.0325. The van der Waals surface area contributed by atoms with E-state index < -0.39 is 0 Å². The molecule has 2 saturated heterocycles. The molecule has 8 heteroatoms. The van der Waals surface area contributed by atoms with Gasteiger partial charge in [-0.2, -0.15) is 0 Å². The first-order valence-corrected chi connectivity index (χ1v) is 13.2. The van der Waals surface area contributed by atoms with Crippen molar-refractivity contribution < 1.29 is 13.9 Å². The molecule has 2 aliphatic rings. The average molecular weight is 530 g/mol. The summed E-state index contributed by atoms with van der Waals surface area (Å²) >= 11 is 12.3.